The molecule has 0 aliphatic rings. The summed E-state index contributed by atoms with van der Waals surface area (Å²) in [6.07, 6.45) is 0.372. The Morgan fingerprint density at radius 2 is 2.54 bits per heavy atom. The molecular weight excluding hydrogens is 254 g/mol. The van der Waals surface area contributed by atoms with Crippen molar-refractivity contribution in [1.82, 2.24) is 4.98 Å². The number of ether oxygens (including phenoxy) is 1. The van der Waals surface area contributed by atoms with Crippen LogP contribution in [0.2, 0.25) is 0 Å². The van der Waals surface area contributed by atoms with Gasteiger partial charge in [-0.1, -0.05) is 22.9 Å². The Balaban J connectivity index is 2.64. The van der Waals surface area contributed by atoms with Gasteiger partial charge in [-0.3, -0.25) is 4.79 Å². The molecule has 72 valence electrons. The third kappa shape index (κ3) is 3.08. The van der Waals surface area contributed by atoms with Crippen molar-refractivity contribution in [2.75, 3.05) is 0 Å². The molecule has 0 N–H and O–H groups in total. The lowest BCUT2D eigenvalue weighted by Crippen LogP contribution is -2.05. The Kier molecular flexibility index (Phi) is 3.87. The zero-order valence-electron chi connectivity index (χ0n) is 7.41. The van der Waals surface area contributed by atoms with Gasteiger partial charge in [0.15, 0.2) is 0 Å². The van der Waals surface area contributed by atoms with Gasteiger partial charge in [0, 0.05) is 6.42 Å². The highest BCUT2D eigenvalue weighted by Crippen LogP contribution is 2.27. The number of rotatable bonds is 3. The molecule has 5 heteroatoms. The molecule has 1 aromatic rings. The monoisotopic (exact) mass is 263 g/mol. The zero-order valence-corrected chi connectivity index (χ0v) is 9.81. The number of hydrogen-bond donors (Lipinski definition) is 0. The van der Waals surface area contributed by atoms with Crippen molar-refractivity contribution in [3.05, 3.63) is 10.4 Å². The highest BCUT2D eigenvalue weighted by molar-refractivity contribution is 9.09. The van der Waals surface area contributed by atoms with Crippen molar-refractivity contribution in [2.45, 2.75) is 25.1 Å². The lowest BCUT2D eigenvalue weighted by Gasteiger charge is -1.97. The van der Waals surface area contributed by atoms with Crippen molar-refractivity contribution < 1.29 is 9.53 Å². The van der Waals surface area contributed by atoms with Gasteiger partial charge in [0.25, 0.3) is 0 Å². The van der Waals surface area contributed by atoms with Gasteiger partial charge in [0.2, 0.25) is 5.88 Å². The molecule has 1 aromatic heterocycles. The molecule has 1 rings (SSSR count). The Morgan fingerprint density at radius 3 is 3.00 bits per heavy atom. The molecule has 0 radical (unpaired) electrons. The summed E-state index contributed by atoms with van der Waals surface area (Å²) in [4.78, 5) is 15.2. The Labute approximate surface area is 89.3 Å². The molecule has 1 atom stereocenters. The summed E-state index contributed by atoms with van der Waals surface area (Å²) in [7, 11) is 0. The van der Waals surface area contributed by atoms with E-state index in [1.54, 1.807) is 12.3 Å². The van der Waals surface area contributed by atoms with Crippen LogP contribution >= 0.6 is 27.3 Å². The van der Waals surface area contributed by atoms with E-state index in [0.717, 1.165) is 5.01 Å². The molecule has 0 bridgehead atoms. The van der Waals surface area contributed by atoms with Gasteiger partial charge in [-0.15, -0.1) is 11.3 Å². The Hall–Kier alpha value is -0.420. The van der Waals surface area contributed by atoms with Crippen LogP contribution in [-0.4, -0.2) is 11.0 Å². The van der Waals surface area contributed by atoms with Crippen LogP contribution in [0.15, 0.2) is 5.38 Å². The van der Waals surface area contributed by atoms with Gasteiger partial charge in [0.1, 0.15) is 5.01 Å². The predicted octanol–water partition coefficient (Wildman–Crippen LogP) is 2.91. The average molecular weight is 264 g/mol. The van der Waals surface area contributed by atoms with Crippen molar-refractivity contribution >= 4 is 33.2 Å². The molecule has 3 nitrogen and oxygen atoms in total. The first-order valence-electron chi connectivity index (χ1n) is 3.93. The number of thiazole rings is 1. The third-order valence-electron chi connectivity index (χ3n) is 1.35. The third-order valence-corrected chi connectivity index (χ3v) is 3.09. The largest absolute Gasteiger partial charge is 0.407 e. The van der Waals surface area contributed by atoms with E-state index in [4.69, 9.17) is 4.74 Å². The van der Waals surface area contributed by atoms with Crippen molar-refractivity contribution in [1.29, 1.82) is 0 Å². The van der Waals surface area contributed by atoms with E-state index in [0.29, 0.717) is 12.3 Å². The molecule has 0 aliphatic carbocycles. The van der Waals surface area contributed by atoms with Gasteiger partial charge >= 0.3 is 5.97 Å². The SMILES string of the molecule is CCC(=O)Oc1csc(C(C)Br)n1. The van der Waals surface area contributed by atoms with E-state index in [2.05, 4.69) is 20.9 Å². The van der Waals surface area contributed by atoms with Crippen LogP contribution < -0.4 is 4.74 Å². The van der Waals surface area contributed by atoms with Crippen molar-refractivity contribution in [2.24, 2.45) is 0 Å². The predicted molar refractivity (Wildman–Crippen MR) is 55.4 cm³/mol. The quantitative estimate of drug-likeness (QED) is 0.622. The number of esters is 1. The van der Waals surface area contributed by atoms with Crippen molar-refractivity contribution in [3.8, 4) is 5.88 Å². The fraction of sp³-hybridized carbons (Fsp3) is 0.500. The Bertz CT molecular complexity index is 298. The molecule has 0 aromatic carbocycles. The zero-order chi connectivity index (χ0) is 9.84. The molecule has 0 saturated carbocycles. The molecule has 1 heterocycles. The van der Waals surface area contributed by atoms with Crippen LogP contribution in [0, 0.1) is 0 Å². The lowest BCUT2D eigenvalue weighted by atomic mass is 10.5. The lowest BCUT2D eigenvalue weighted by molar-refractivity contribution is -0.134. The van der Waals surface area contributed by atoms with Crippen LogP contribution in [0.25, 0.3) is 0 Å². The fourth-order valence-corrected chi connectivity index (χ4v) is 1.77. The number of halogens is 1. The maximum atomic E-state index is 10.9. The topological polar surface area (TPSA) is 39.2 Å². The van der Waals surface area contributed by atoms with E-state index in [1.165, 1.54) is 11.3 Å². The Morgan fingerprint density at radius 1 is 1.85 bits per heavy atom. The summed E-state index contributed by atoms with van der Waals surface area (Å²) in [6, 6.07) is 0. The van der Waals surface area contributed by atoms with E-state index >= 15 is 0 Å². The number of hydrogen-bond acceptors (Lipinski definition) is 4. The number of alkyl halides is 1. The molecule has 0 aliphatic heterocycles. The molecule has 0 amide bonds. The summed E-state index contributed by atoms with van der Waals surface area (Å²) < 4.78 is 4.93. The molecule has 0 fully saturated rings. The first-order valence-corrected chi connectivity index (χ1v) is 5.73. The number of nitrogens with zero attached hydrogens (tertiary/aromatic N) is 1. The van der Waals surface area contributed by atoms with Crippen LogP contribution in [0.1, 0.15) is 30.1 Å². The smallest absolute Gasteiger partial charge is 0.312 e. The number of aromatic nitrogens is 1. The maximum absolute atomic E-state index is 10.9. The highest BCUT2D eigenvalue weighted by Gasteiger charge is 2.09. The summed E-state index contributed by atoms with van der Waals surface area (Å²) in [5, 5.41) is 2.65. The highest BCUT2D eigenvalue weighted by atomic mass is 79.9. The van der Waals surface area contributed by atoms with Crippen LogP contribution in [0.3, 0.4) is 0 Å². The molecule has 13 heavy (non-hydrogen) atoms. The van der Waals surface area contributed by atoms with Crippen LogP contribution in [0.5, 0.6) is 5.88 Å². The van der Waals surface area contributed by atoms with E-state index < -0.39 is 0 Å². The van der Waals surface area contributed by atoms with E-state index in [9.17, 15) is 4.79 Å². The second-order valence-corrected chi connectivity index (χ2v) is 4.73. The minimum atomic E-state index is -0.251. The standard InChI is InChI=1S/C8H10BrNO2S/c1-3-7(11)12-6-4-13-8(10-6)5(2)9/h4-5H,3H2,1-2H3. The minimum Gasteiger partial charge on any atom is -0.407 e. The van der Waals surface area contributed by atoms with Crippen LogP contribution in [-0.2, 0) is 4.79 Å². The van der Waals surface area contributed by atoms with Gasteiger partial charge in [-0.25, -0.2) is 4.98 Å². The average Bonchev–Trinajstić information content (AvgIpc) is 2.52. The summed E-state index contributed by atoms with van der Waals surface area (Å²) in [5.41, 5.74) is 0. The maximum Gasteiger partial charge on any atom is 0.312 e. The summed E-state index contributed by atoms with van der Waals surface area (Å²) in [5.74, 6) is 0.150. The normalized spacial score (nSPS) is 12.5. The summed E-state index contributed by atoms with van der Waals surface area (Å²) in [6.45, 7) is 3.73. The van der Waals surface area contributed by atoms with Gasteiger partial charge in [-0.05, 0) is 6.92 Å². The molecule has 0 spiro atoms. The molecule has 0 saturated heterocycles. The second kappa shape index (κ2) is 4.72. The minimum absolute atomic E-state index is 0.201. The second-order valence-electron chi connectivity index (χ2n) is 2.47. The fourth-order valence-electron chi connectivity index (χ4n) is 0.690. The first-order chi connectivity index (χ1) is 6.13. The molecule has 1 unspecified atom stereocenters. The van der Waals surface area contributed by atoms with E-state index in [-0.39, 0.29) is 10.8 Å². The van der Waals surface area contributed by atoms with Gasteiger partial charge in [-0.2, -0.15) is 0 Å². The number of carbonyl (C=O) groups excluding carboxylic acids is 1. The molecular formula is C8H10BrNO2S. The van der Waals surface area contributed by atoms with Crippen LogP contribution in [0.4, 0.5) is 0 Å². The van der Waals surface area contributed by atoms with E-state index in [1.807, 2.05) is 6.92 Å². The number of carbonyl (C=O) groups is 1. The van der Waals surface area contributed by atoms with Gasteiger partial charge in [0.05, 0.1) is 10.2 Å². The summed E-state index contributed by atoms with van der Waals surface area (Å²) >= 11 is 4.86. The van der Waals surface area contributed by atoms with Gasteiger partial charge < -0.3 is 4.74 Å². The first kappa shape index (κ1) is 10.7. The van der Waals surface area contributed by atoms with Crippen molar-refractivity contribution in [3.63, 3.8) is 0 Å².